The molecule has 0 saturated carbocycles. The Bertz CT molecular complexity index is 562. The summed E-state index contributed by atoms with van der Waals surface area (Å²) in [7, 11) is 0. The predicted molar refractivity (Wildman–Crippen MR) is 65.6 cm³/mol. The zero-order chi connectivity index (χ0) is 13.0. The standard InChI is InChI=1S/C12H12N4O2/c13-11(17)7-14-12(18)10-6-9(15-16-10)8-4-2-1-3-5-8/h1-6H,7H2,(H2,13,17)(H,14,18)(H,15,16). The van der Waals surface area contributed by atoms with Crippen molar-refractivity contribution in [1.29, 1.82) is 0 Å². The second-order valence-corrected chi connectivity index (χ2v) is 3.68. The zero-order valence-corrected chi connectivity index (χ0v) is 9.51. The average molecular weight is 244 g/mol. The fourth-order valence-corrected chi connectivity index (χ4v) is 1.46. The molecule has 6 heteroatoms. The van der Waals surface area contributed by atoms with Crippen molar-refractivity contribution in [2.24, 2.45) is 5.73 Å². The average Bonchev–Trinajstić information content (AvgIpc) is 2.86. The number of amides is 2. The molecule has 6 nitrogen and oxygen atoms in total. The molecule has 0 aliphatic heterocycles. The highest BCUT2D eigenvalue weighted by Crippen LogP contribution is 2.16. The summed E-state index contributed by atoms with van der Waals surface area (Å²) in [5, 5.41) is 9.02. The third kappa shape index (κ3) is 2.73. The van der Waals surface area contributed by atoms with Crippen LogP contribution in [0.25, 0.3) is 11.3 Å². The number of nitrogens with zero attached hydrogens (tertiary/aromatic N) is 1. The molecule has 0 bridgehead atoms. The molecule has 0 atom stereocenters. The Balaban J connectivity index is 2.11. The van der Waals surface area contributed by atoms with Gasteiger partial charge in [-0.2, -0.15) is 5.10 Å². The number of carbonyl (C=O) groups excluding carboxylic acids is 2. The van der Waals surface area contributed by atoms with Crippen LogP contribution in [0.2, 0.25) is 0 Å². The van der Waals surface area contributed by atoms with E-state index in [0.717, 1.165) is 5.56 Å². The summed E-state index contributed by atoms with van der Waals surface area (Å²) in [6, 6.07) is 11.1. The van der Waals surface area contributed by atoms with Crippen molar-refractivity contribution < 1.29 is 9.59 Å². The van der Waals surface area contributed by atoms with Crippen molar-refractivity contribution >= 4 is 11.8 Å². The molecule has 92 valence electrons. The lowest BCUT2D eigenvalue weighted by molar-refractivity contribution is -0.117. The van der Waals surface area contributed by atoms with Gasteiger partial charge in [0.25, 0.3) is 5.91 Å². The molecule has 2 amide bonds. The second kappa shape index (κ2) is 5.13. The van der Waals surface area contributed by atoms with Crippen LogP contribution < -0.4 is 11.1 Å². The van der Waals surface area contributed by atoms with Crippen LogP contribution in [0.3, 0.4) is 0 Å². The number of H-pyrrole nitrogens is 1. The predicted octanol–water partition coefficient (Wildman–Crippen LogP) is 0.292. The monoisotopic (exact) mass is 244 g/mol. The van der Waals surface area contributed by atoms with Gasteiger partial charge in [0, 0.05) is 5.56 Å². The maximum Gasteiger partial charge on any atom is 0.269 e. The van der Waals surface area contributed by atoms with Crippen LogP contribution in [-0.4, -0.2) is 28.6 Å². The molecular formula is C12H12N4O2. The highest BCUT2D eigenvalue weighted by atomic mass is 16.2. The molecule has 0 aliphatic rings. The van der Waals surface area contributed by atoms with Gasteiger partial charge in [-0.25, -0.2) is 0 Å². The molecule has 4 N–H and O–H groups in total. The molecule has 0 aliphatic carbocycles. The number of rotatable bonds is 4. The van der Waals surface area contributed by atoms with Crippen molar-refractivity contribution in [3.8, 4) is 11.3 Å². The maximum atomic E-state index is 11.6. The number of aromatic nitrogens is 2. The first-order valence-corrected chi connectivity index (χ1v) is 5.34. The number of hydrogen-bond donors (Lipinski definition) is 3. The second-order valence-electron chi connectivity index (χ2n) is 3.68. The Labute approximate surface area is 103 Å². The Morgan fingerprint density at radius 3 is 2.67 bits per heavy atom. The first kappa shape index (κ1) is 11.8. The van der Waals surface area contributed by atoms with Gasteiger partial charge in [0.2, 0.25) is 5.91 Å². The summed E-state index contributed by atoms with van der Waals surface area (Å²) in [5.41, 5.74) is 6.79. The van der Waals surface area contributed by atoms with E-state index in [2.05, 4.69) is 15.5 Å². The van der Waals surface area contributed by atoms with Crippen LogP contribution in [0.5, 0.6) is 0 Å². The van der Waals surface area contributed by atoms with Crippen molar-refractivity contribution in [2.45, 2.75) is 0 Å². The highest BCUT2D eigenvalue weighted by Gasteiger charge is 2.10. The number of aromatic amines is 1. The van der Waals surface area contributed by atoms with E-state index in [0.29, 0.717) is 5.69 Å². The third-order valence-electron chi connectivity index (χ3n) is 2.32. The summed E-state index contributed by atoms with van der Waals surface area (Å²) < 4.78 is 0. The number of nitrogens with two attached hydrogens (primary N) is 1. The maximum absolute atomic E-state index is 11.6. The van der Waals surface area contributed by atoms with E-state index in [1.54, 1.807) is 6.07 Å². The smallest absolute Gasteiger partial charge is 0.269 e. The van der Waals surface area contributed by atoms with Crippen LogP contribution in [0.4, 0.5) is 0 Å². The number of carbonyl (C=O) groups is 2. The van der Waals surface area contributed by atoms with Gasteiger partial charge in [-0.3, -0.25) is 14.7 Å². The first-order chi connectivity index (χ1) is 8.66. The Morgan fingerprint density at radius 2 is 2.00 bits per heavy atom. The summed E-state index contributed by atoms with van der Waals surface area (Å²) in [5.74, 6) is -1.00. The SMILES string of the molecule is NC(=O)CNC(=O)c1cc(-c2ccccc2)n[nH]1. The quantitative estimate of drug-likeness (QED) is 0.720. The van der Waals surface area contributed by atoms with E-state index in [-0.39, 0.29) is 12.2 Å². The van der Waals surface area contributed by atoms with E-state index >= 15 is 0 Å². The lowest BCUT2D eigenvalue weighted by Gasteiger charge is -1.98. The molecule has 0 fully saturated rings. The number of benzene rings is 1. The fourth-order valence-electron chi connectivity index (χ4n) is 1.46. The minimum atomic E-state index is -0.592. The summed E-state index contributed by atoms with van der Waals surface area (Å²) in [6.45, 7) is -0.196. The molecule has 2 rings (SSSR count). The Hall–Kier alpha value is -2.63. The molecule has 0 unspecified atom stereocenters. The zero-order valence-electron chi connectivity index (χ0n) is 9.51. The van der Waals surface area contributed by atoms with Gasteiger partial charge >= 0.3 is 0 Å². The van der Waals surface area contributed by atoms with Crippen LogP contribution >= 0.6 is 0 Å². The topological polar surface area (TPSA) is 101 Å². The van der Waals surface area contributed by atoms with Crippen molar-refractivity contribution in [3.05, 3.63) is 42.1 Å². The lowest BCUT2D eigenvalue weighted by atomic mass is 10.1. The molecule has 1 aromatic heterocycles. The summed E-state index contributed by atoms with van der Waals surface area (Å²) >= 11 is 0. The van der Waals surface area contributed by atoms with Gasteiger partial charge in [0.1, 0.15) is 5.69 Å². The largest absolute Gasteiger partial charge is 0.368 e. The van der Waals surface area contributed by atoms with Crippen molar-refractivity contribution in [3.63, 3.8) is 0 Å². The lowest BCUT2D eigenvalue weighted by Crippen LogP contribution is -2.33. The van der Waals surface area contributed by atoms with Crippen molar-refractivity contribution in [1.82, 2.24) is 15.5 Å². The molecule has 0 spiro atoms. The Kier molecular flexibility index (Phi) is 3.38. The van der Waals surface area contributed by atoms with E-state index in [1.807, 2.05) is 30.3 Å². The molecule has 18 heavy (non-hydrogen) atoms. The minimum Gasteiger partial charge on any atom is -0.368 e. The minimum absolute atomic E-state index is 0.196. The van der Waals surface area contributed by atoms with E-state index in [9.17, 15) is 9.59 Å². The number of primary amides is 1. The molecular weight excluding hydrogens is 232 g/mol. The van der Waals surface area contributed by atoms with Crippen molar-refractivity contribution in [2.75, 3.05) is 6.54 Å². The van der Waals surface area contributed by atoms with Gasteiger partial charge in [-0.05, 0) is 6.07 Å². The van der Waals surface area contributed by atoms with Crippen LogP contribution in [0, 0.1) is 0 Å². The van der Waals surface area contributed by atoms with E-state index in [1.165, 1.54) is 0 Å². The highest BCUT2D eigenvalue weighted by molar-refractivity contribution is 5.95. The van der Waals surface area contributed by atoms with Crippen LogP contribution in [-0.2, 0) is 4.79 Å². The third-order valence-corrected chi connectivity index (χ3v) is 2.32. The fraction of sp³-hybridized carbons (Fsp3) is 0.0833. The number of hydrogen-bond acceptors (Lipinski definition) is 3. The van der Waals surface area contributed by atoms with Gasteiger partial charge in [0.15, 0.2) is 0 Å². The number of nitrogens with one attached hydrogen (secondary N) is 2. The van der Waals surface area contributed by atoms with Gasteiger partial charge < -0.3 is 11.1 Å². The molecule has 1 aromatic carbocycles. The van der Waals surface area contributed by atoms with Crippen LogP contribution in [0.15, 0.2) is 36.4 Å². The Morgan fingerprint density at radius 1 is 1.28 bits per heavy atom. The van der Waals surface area contributed by atoms with E-state index < -0.39 is 11.8 Å². The van der Waals surface area contributed by atoms with Crippen LogP contribution in [0.1, 0.15) is 10.5 Å². The normalized spacial score (nSPS) is 10.0. The summed E-state index contributed by atoms with van der Waals surface area (Å²) in [6.07, 6.45) is 0. The molecule has 0 saturated heterocycles. The molecule has 0 radical (unpaired) electrons. The summed E-state index contributed by atoms with van der Waals surface area (Å²) in [4.78, 5) is 22.1. The van der Waals surface area contributed by atoms with Gasteiger partial charge in [0.05, 0.1) is 12.2 Å². The first-order valence-electron chi connectivity index (χ1n) is 5.34. The molecule has 2 aromatic rings. The van der Waals surface area contributed by atoms with Gasteiger partial charge in [-0.1, -0.05) is 30.3 Å². The van der Waals surface area contributed by atoms with Gasteiger partial charge in [-0.15, -0.1) is 0 Å². The molecule has 1 heterocycles. The van der Waals surface area contributed by atoms with E-state index in [4.69, 9.17) is 5.73 Å².